The van der Waals surface area contributed by atoms with E-state index in [9.17, 15) is 9.67 Å². The van der Waals surface area contributed by atoms with Crippen molar-refractivity contribution < 1.29 is 37.5 Å². The maximum atomic E-state index is 13.6. The van der Waals surface area contributed by atoms with Crippen LogP contribution in [0.3, 0.4) is 0 Å². The van der Waals surface area contributed by atoms with Crippen molar-refractivity contribution >= 4 is 7.82 Å². The zero-order valence-corrected chi connectivity index (χ0v) is 26.2. The van der Waals surface area contributed by atoms with E-state index in [-0.39, 0.29) is 32.5 Å². The number of benzene rings is 4. The normalized spacial score (nSPS) is 20.2. The van der Waals surface area contributed by atoms with Gasteiger partial charge in [-0.1, -0.05) is 121 Å². The van der Waals surface area contributed by atoms with E-state index in [1.165, 1.54) is 0 Å². The molecule has 1 N–H and O–H groups in total. The summed E-state index contributed by atoms with van der Waals surface area (Å²) in [6.07, 6.45) is -1.10. The summed E-state index contributed by atoms with van der Waals surface area (Å²) in [6.45, 7) is 0.945. The first-order valence-corrected chi connectivity index (χ1v) is 16.7. The minimum Gasteiger partial charge on any atom is -0.388 e. The molecule has 9 heteroatoms. The molecule has 0 bridgehead atoms. The molecule has 1 aliphatic rings. The highest BCUT2D eigenvalue weighted by Gasteiger charge is 2.39. The van der Waals surface area contributed by atoms with Crippen LogP contribution in [-0.2, 0) is 58.8 Å². The predicted octanol–water partition coefficient (Wildman–Crippen LogP) is 7.26. The maximum absolute atomic E-state index is 13.6. The number of phosphoric acid groups is 1. The van der Waals surface area contributed by atoms with E-state index in [4.69, 9.17) is 27.8 Å². The molecule has 1 saturated carbocycles. The van der Waals surface area contributed by atoms with Crippen LogP contribution in [0.15, 0.2) is 121 Å². The highest BCUT2D eigenvalue weighted by atomic mass is 31.2. The molecule has 0 aromatic heterocycles. The lowest BCUT2D eigenvalue weighted by atomic mass is 9.89. The van der Waals surface area contributed by atoms with Crippen LogP contribution in [0, 0.1) is 0 Å². The Kier molecular flexibility index (Phi) is 12.9. The van der Waals surface area contributed by atoms with E-state index in [0.717, 1.165) is 22.3 Å². The fourth-order valence-electron chi connectivity index (χ4n) is 5.08. The second kappa shape index (κ2) is 17.5. The number of aliphatic hydroxyl groups is 1. The largest absolute Gasteiger partial charge is 0.475 e. The average Bonchev–Trinajstić information content (AvgIpc) is 3.10. The summed E-state index contributed by atoms with van der Waals surface area (Å²) in [5.41, 5.74) is 3.77. The molecular formula is C36H41O8P. The van der Waals surface area contributed by atoms with Gasteiger partial charge in [0.25, 0.3) is 0 Å². The van der Waals surface area contributed by atoms with Gasteiger partial charge < -0.3 is 19.3 Å². The molecular weight excluding hydrogens is 591 g/mol. The van der Waals surface area contributed by atoms with Crippen molar-refractivity contribution in [3.63, 3.8) is 0 Å². The highest BCUT2D eigenvalue weighted by molar-refractivity contribution is 7.48. The Labute approximate surface area is 265 Å². The third-order valence-electron chi connectivity index (χ3n) is 7.52. The minimum atomic E-state index is -3.94. The Morgan fingerprint density at radius 2 is 0.911 bits per heavy atom. The van der Waals surface area contributed by atoms with Crippen molar-refractivity contribution in [2.75, 3.05) is 13.2 Å². The van der Waals surface area contributed by atoms with Crippen LogP contribution in [0.2, 0.25) is 0 Å². The zero-order valence-electron chi connectivity index (χ0n) is 25.3. The number of aliphatic hydroxyl groups excluding tert-OH is 1. The topological polar surface area (TPSA) is 92.7 Å². The van der Waals surface area contributed by atoms with Gasteiger partial charge in [0, 0.05) is 12.8 Å². The Morgan fingerprint density at radius 1 is 0.511 bits per heavy atom. The van der Waals surface area contributed by atoms with Crippen molar-refractivity contribution in [3.05, 3.63) is 144 Å². The fraction of sp³-hybridized carbons (Fsp3) is 0.333. The second-order valence-corrected chi connectivity index (χ2v) is 12.6. The summed E-state index contributed by atoms with van der Waals surface area (Å²) >= 11 is 0. The summed E-state index contributed by atoms with van der Waals surface area (Å²) in [6, 6.07) is 38.6. The van der Waals surface area contributed by atoms with Gasteiger partial charge in [-0.15, -0.1) is 0 Å². The van der Waals surface area contributed by atoms with E-state index in [1.807, 2.05) is 121 Å². The third-order valence-corrected chi connectivity index (χ3v) is 8.91. The molecule has 0 amide bonds. The standard InChI is InChI=1S/C36H41O8P/c37-36-34(23-33(40-25-29-13-5-1-6-14-29)24-35(36)41-26-30-15-7-2-8-16-30)39-21-22-42-45(38,43-27-31-17-9-3-10-18-31)44-28-32-19-11-4-12-20-32/h1-20,33-37H,21-28H2/t33-,34+,35+,36-/m0/s1. The molecule has 4 atom stereocenters. The van der Waals surface area contributed by atoms with Crippen molar-refractivity contribution in [3.8, 4) is 0 Å². The van der Waals surface area contributed by atoms with Crippen LogP contribution in [0.4, 0.5) is 0 Å². The fourth-order valence-corrected chi connectivity index (χ4v) is 6.22. The van der Waals surface area contributed by atoms with E-state index in [1.54, 1.807) is 0 Å². The summed E-state index contributed by atoms with van der Waals surface area (Å²) < 4.78 is 49.3. The van der Waals surface area contributed by atoms with Gasteiger partial charge in [-0.25, -0.2) is 4.57 Å². The van der Waals surface area contributed by atoms with Crippen LogP contribution in [0.5, 0.6) is 0 Å². The van der Waals surface area contributed by atoms with Gasteiger partial charge in [-0.2, -0.15) is 0 Å². The molecule has 0 spiro atoms. The Morgan fingerprint density at radius 3 is 1.38 bits per heavy atom. The second-order valence-electron chi connectivity index (χ2n) is 10.9. The average molecular weight is 633 g/mol. The molecule has 5 rings (SSSR count). The first-order valence-electron chi connectivity index (χ1n) is 15.3. The van der Waals surface area contributed by atoms with Gasteiger partial charge in [0.05, 0.1) is 58.0 Å². The van der Waals surface area contributed by atoms with E-state index >= 15 is 0 Å². The molecule has 4 aromatic carbocycles. The van der Waals surface area contributed by atoms with E-state index in [0.29, 0.717) is 26.1 Å². The molecule has 238 valence electrons. The molecule has 0 heterocycles. The molecule has 1 aliphatic carbocycles. The predicted molar refractivity (Wildman–Crippen MR) is 171 cm³/mol. The summed E-state index contributed by atoms with van der Waals surface area (Å²) in [5.74, 6) is 0. The van der Waals surface area contributed by atoms with Crippen LogP contribution < -0.4 is 0 Å². The summed E-state index contributed by atoms with van der Waals surface area (Å²) in [4.78, 5) is 0. The quantitative estimate of drug-likeness (QED) is 0.0961. The summed E-state index contributed by atoms with van der Waals surface area (Å²) in [7, 11) is -3.94. The zero-order chi connectivity index (χ0) is 31.2. The highest BCUT2D eigenvalue weighted by Crippen LogP contribution is 2.51. The molecule has 1 fully saturated rings. The molecule has 0 saturated heterocycles. The Hall–Kier alpha value is -3.17. The van der Waals surface area contributed by atoms with Crippen LogP contribution in [0.25, 0.3) is 0 Å². The van der Waals surface area contributed by atoms with Crippen LogP contribution in [0.1, 0.15) is 35.1 Å². The van der Waals surface area contributed by atoms with Gasteiger partial charge >= 0.3 is 7.82 Å². The number of hydrogen-bond donors (Lipinski definition) is 1. The van der Waals surface area contributed by atoms with Crippen LogP contribution in [-0.4, -0.2) is 42.7 Å². The molecule has 0 unspecified atom stereocenters. The molecule has 8 nitrogen and oxygen atoms in total. The smallest absolute Gasteiger partial charge is 0.388 e. The first kappa shape index (κ1) is 33.2. The number of hydrogen-bond acceptors (Lipinski definition) is 8. The molecule has 45 heavy (non-hydrogen) atoms. The Bertz CT molecular complexity index is 1380. The Balaban J connectivity index is 1.17. The van der Waals surface area contributed by atoms with Gasteiger partial charge in [0.2, 0.25) is 0 Å². The maximum Gasteiger partial charge on any atom is 0.475 e. The van der Waals surface area contributed by atoms with Crippen molar-refractivity contribution in [2.24, 2.45) is 0 Å². The van der Waals surface area contributed by atoms with E-state index in [2.05, 4.69) is 0 Å². The van der Waals surface area contributed by atoms with Gasteiger partial charge in [0.1, 0.15) is 6.10 Å². The van der Waals surface area contributed by atoms with Gasteiger partial charge in [0.15, 0.2) is 0 Å². The monoisotopic (exact) mass is 632 g/mol. The third kappa shape index (κ3) is 11.0. The van der Waals surface area contributed by atoms with Crippen molar-refractivity contribution in [1.82, 2.24) is 0 Å². The lowest BCUT2D eigenvalue weighted by Crippen LogP contribution is -2.49. The number of rotatable bonds is 17. The van der Waals surface area contributed by atoms with Crippen molar-refractivity contribution in [2.45, 2.75) is 63.7 Å². The number of ether oxygens (including phenoxy) is 3. The molecule has 4 aromatic rings. The lowest BCUT2D eigenvalue weighted by molar-refractivity contribution is -0.173. The van der Waals surface area contributed by atoms with Gasteiger partial charge in [-0.05, 0) is 22.3 Å². The number of phosphoric ester groups is 1. The lowest BCUT2D eigenvalue weighted by Gasteiger charge is -2.38. The molecule has 0 aliphatic heterocycles. The minimum absolute atomic E-state index is 0.0604. The van der Waals surface area contributed by atoms with Crippen LogP contribution >= 0.6 is 7.82 Å². The van der Waals surface area contributed by atoms with E-state index < -0.39 is 26.1 Å². The SMILES string of the molecule is O=P(OCCO[C@@H]1C[C@H](OCc2ccccc2)C[C@@H](OCc2ccccc2)[C@H]1O)(OCc1ccccc1)OCc1ccccc1. The molecule has 0 radical (unpaired) electrons. The first-order chi connectivity index (χ1) is 22.1. The van der Waals surface area contributed by atoms with Crippen molar-refractivity contribution in [1.29, 1.82) is 0 Å². The van der Waals surface area contributed by atoms with Gasteiger partial charge in [-0.3, -0.25) is 13.6 Å². The summed E-state index contributed by atoms with van der Waals surface area (Å²) in [5, 5.41) is 11.2.